The van der Waals surface area contributed by atoms with Crippen molar-refractivity contribution in [2.24, 2.45) is 5.73 Å². The molecule has 0 saturated carbocycles. The molecule has 0 bridgehead atoms. The van der Waals surface area contributed by atoms with Crippen LogP contribution in [0.1, 0.15) is 36.4 Å². The quantitative estimate of drug-likeness (QED) is 0.574. The molecule has 0 fully saturated rings. The van der Waals surface area contributed by atoms with Crippen molar-refractivity contribution < 1.29 is 14.7 Å². The van der Waals surface area contributed by atoms with Gasteiger partial charge in [-0.1, -0.05) is 48.5 Å². The number of carbonyl (C=O) groups is 2. The van der Waals surface area contributed by atoms with Crippen LogP contribution in [0.2, 0.25) is 0 Å². The van der Waals surface area contributed by atoms with Crippen LogP contribution in [0.5, 0.6) is 0 Å². The van der Waals surface area contributed by atoms with E-state index in [1.54, 1.807) is 0 Å². The van der Waals surface area contributed by atoms with Crippen molar-refractivity contribution in [3.63, 3.8) is 0 Å². The third kappa shape index (κ3) is 3.70. The highest BCUT2D eigenvalue weighted by atomic mass is 16.4. The molecule has 0 spiro atoms. The third-order valence-corrected chi connectivity index (χ3v) is 4.66. The first kappa shape index (κ1) is 17.9. The summed E-state index contributed by atoms with van der Waals surface area (Å²) in [6, 6.07) is 14.1. The second-order valence-corrected chi connectivity index (χ2v) is 6.40. The van der Waals surface area contributed by atoms with E-state index >= 15 is 0 Å². The first-order valence-electron chi connectivity index (χ1n) is 8.80. The number of aliphatic carboxylic acids is 1. The molecule has 0 aromatic heterocycles. The van der Waals surface area contributed by atoms with Crippen LogP contribution in [0.4, 0.5) is 4.79 Å². The van der Waals surface area contributed by atoms with Crippen LogP contribution in [-0.4, -0.2) is 29.7 Å². The molecular weight excluding hydrogens is 330 g/mol. The summed E-state index contributed by atoms with van der Waals surface area (Å²) < 4.78 is 0. The predicted octanol–water partition coefficient (Wildman–Crippen LogP) is 2.64. The van der Waals surface area contributed by atoms with Gasteiger partial charge in [-0.3, -0.25) is 0 Å². The number of unbranched alkanes of at least 4 members (excludes halogenated alkanes) is 1. The average Bonchev–Trinajstić information content (AvgIpc) is 2.95. The first-order valence-corrected chi connectivity index (χ1v) is 8.80. The fraction of sp³-hybridized carbons (Fsp3) is 0.300. The fourth-order valence-electron chi connectivity index (χ4n) is 3.39. The smallest absolute Gasteiger partial charge is 0.326 e. The highest BCUT2D eigenvalue weighted by Gasteiger charge is 2.30. The highest BCUT2D eigenvalue weighted by Crippen LogP contribution is 2.42. The Morgan fingerprint density at radius 3 is 2.12 bits per heavy atom. The molecule has 2 aromatic rings. The minimum absolute atomic E-state index is 0.291. The number of urea groups is 1. The Morgan fingerprint density at radius 1 is 1.00 bits per heavy atom. The summed E-state index contributed by atoms with van der Waals surface area (Å²) in [5.41, 5.74) is 9.65. The normalized spacial score (nSPS) is 13.6. The lowest BCUT2D eigenvalue weighted by atomic mass is 10.1. The van der Waals surface area contributed by atoms with Crippen LogP contribution in [-0.2, 0) is 4.79 Å². The Labute approximate surface area is 152 Å². The zero-order chi connectivity index (χ0) is 18.5. The van der Waals surface area contributed by atoms with Gasteiger partial charge in [-0.2, -0.15) is 0 Å². The molecule has 2 aromatic carbocycles. The Balaban J connectivity index is 1.74. The molecule has 1 atom stereocenters. The van der Waals surface area contributed by atoms with Gasteiger partial charge < -0.3 is 21.5 Å². The van der Waals surface area contributed by atoms with Gasteiger partial charge >= 0.3 is 12.0 Å². The Morgan fingerprint density at radius 2 is 1.58 bits per heavy atom. The van der Waals surface area contributed by atoms with Gasteiger partial charge in [0.25, 0.3) is 0 Å². The molecule has 26 heavy (non-hydrogen) atoms. The third-order valence-electron chi connectivity index (χ3n) is 4.66. The number of hydrogen-bond acceptors (Lipinski definition) is 3. The minimum Gasteiger partial charge on any atom is -0.480 e. The maximum absolute atomic E-state index is 12.5. The standard InChI is InChI=1S/C20H23N3O3/c21-12-6-5-11-17(19(24)25)22-20(26)23-18-15-9-3-1-7-13(15)14-8-2-4-10-16(14)18/h1-4,7-10,17-18H,5-6,11-12,21H2,(H,24,25)(H2,22,23,26)/t17-/m0/s1. The molecule has 6 nitrogen and oxygen atoms in total. The molecule has 0 saturated heterocycles. The number of carboxylic acids is 1. The van der Waals surface area contributed by atoms with E-state index in [0.29, 0.717) is 19.4 Å². The fourth-order valence-corrected chi connectivity index (χ4v) is 3.39. The second-order valence-electron chi connectivity index (χ2n) is 6.40. The highest BCUT2D eigenvalue weighted by molar-refractivity contribution is 5.85. The Kier molecular flexibility index (Phi) is 5.53. The molecule has 1 aliphatic rings. The van der Waals surface area contributed by atoms with E-state index in [9.17, 15) is 14.7 Å². The summed E-state index contributed by atoms with van der Waals surface area (Å²) in [6.45, 7) is 0.508. The van der Waals surface area contributed by atoms with E-state index in [0.717, 1.165) is 28.7 Å². The molecule has 0 heterocycles. The molecule has 0 unspecified atom stereocenters. The van der Waals surface area contributed by atoms with Crippen LogP contribution in [0.25, 0.3) is 11.1 Å². The van der Waals surface area contributed by atoms with Crippen molar-refractivity contribution in [2.45, 2.75) is 31.3 Å². The van der Waals surface area contributed by atoms with Crippen molar-refractivity contribution in [1.82, 2.24) is 10.6 Å². The van der Waals surface area contributed by atoms with E-state index in [4.69, 9.17) is 5.73 Å². The number of hydrogen-bond donors (Lipinski definition) is 4. The summed E-state index contributed by atoms with van der Waals surface area (Å²) in [5, 5.41) is 14.8. The van der Waals surface area contributed by atoms with Crippen LogP contribution in [0.15, 0.2) is 48.5 Å². The summed E-state index contributed by atoms with van der Waals surface area (Å²) in [6.07, 6.45) is 1.75. The van der Waals surface area contributed by atoms with E-state index in [-0.39, 0.29) is 6.04 Å². The largest absolute Gasteiger partial charge is 0.480 e. The zero-order valence-corrected chi connectivity index (χ0v) is 14.4. The Bertz CT molecular complexity index is 761. The van der Waals surface area contributed by atoms with Gasteiger partial charge in [-0.25, -0.2) is 9.59 Å². The molecule has 6 heteroatoms. The number of nitrogens with one attached hydrogen (secondary N) is 2. The van der Waals surface area contributed by atoms with E-state index in [1.165, 1.54) is 0 Å². The van der Waals surface area contributed by atoms with Crippen LogP contribution < -0.4 is 16.4 Å². The second kappa shape index (κ2) is 8.01. The first-order chi connectivity index (χ1) is 12.6. The van der Waals surface area contributed by atoms with Crippen molar-refractivity contribution >= 4 is 12.0 Å². The van der Waals surface area contributed by atoms with Gasteiger partial charge in [-0.05, 0) is 48.1 Å². The predicted molar refractivity (Wildman–Crippen MR) is 99.7 cm³/mol. The lowest BCUT2D eigenvalue weighted by Crippen LogP contribution is -2.46. The lowest BCUT2D eigenvalue weighted by Gasteiger charge is -2.19. The summed E-state index contributed by atoms with van der Waals surface area (Å²) in [5.74, 6) is -1.04. The van der Waals surface area contributed by atoms with Gasteiger partial charge in [-0.15, -0.1) is 0 Å². The minimum atomic E-state index is -1.04. The number of fused-ring (bicyclic) bond motifs is 3. The summed E-state index contributed by atoms with van der Waals surface area (Å²) >= 11 is 0. The zero-order valence-electron chi connectivity index (χ0n) is 14.4. The van der Waals surface area contributed by atoms with Crippen LogP contribution in [0.3, 0.4) is 0 Å². The molecular formula is C20H23N3O3. The van der Waals surface area contributed by atoms with E-state index < -0.39 is 18.0 Å². The van der Waals surface area contributed by atoms with Crippen molar-refractivity contribution in [1.29, 1.82) is 0 Å². The average molecular weight is 353 g/mol. The number of amides is 2. The number of rotatable bonds is 7. The van der Waals surface area contributed by atoms with Gasteiger partial charge in [0, 0.05) is 0 Å². The van der Waals surface area contributed by atoms with Gasteiger partial charge in [0.2, 0.25) is 0 Å². The van der Waals surface area contributed by atoms with Gasteiger partial charge in [0.05, 0.1) is 6.04 Å². The number of benzene rings is 2. The summed E-state index contributed by atoms with van der Waals surface area (Å²) in [7, 11) is 0. The SMILES string of the molecule is NCCCC[C@H](NC(=O)NC1c2ccccc2-c2ccccc21)C(=O)O. The number of carbonyl (C=O) groups excluding carboxylic acids is 1. The van der Waals surface area contributed by atoms with Crippen LogP contribution >= 0.6 is 0 Å². The van der Waals surface area contributed by atoms with Gasteiger partial charge in [0.15, 0.2) is 0 Å². The topological polar surface area (TPSA) is 104 Å². The molecule has 0 radical (unpaired) electrons. The van der Waals surface area contributed by atoms with E-state index in [2.05, 4.69) is 10.6 Å². The lowest BCUT2D eigenvalue weighted by molar-refractivity contribution is -0.139. The number of carboxylic acid groups (broad SMARTS) is 1. The monoisotopic (exact) mass is 353 g/mol. The number of nitrogens with two attached hydrogens (primary N) is 1. The van der Waals surface area contributed by atoms with Crippen molar-refractivity contribution in [3.8, 4) is 11.1 Å². The van der Waals surface area contributed by atoms with Crippen molar-refractivity contribution in [2.75, 3.05) is 6.54 Å². The maximum Gasteiger partial charge on any atom is 0.326 e. The van der Waals surface area contributed by atoms with Gasteiger partial charge in [0.1, 0.15) is 6.04 Å². The molecule has 0 aliphatic heterocycles. The molecule has 5 N–H and O–H groups in total. The van der Waals surface area contributed by atoms with E-state index in [1.807, 2.05) is 48.5 Å². The summed E-state index contributed by atoms with van der Waals surface area (Å²) in [4.78, 5) is 23.8. The Hall–Kier alpha value is -2.86. The molecule has 136 valence electrons. The maximum atomic E-state index is 12.5. The van der Waals surface area contributed by atoms with Crippen molar-refractivity contribution in [3.05, 3.63) is 59.7 Å². The molecule has 2 amide bonds. The van der Waals surface area contributed by atoms with Crippen LogP contribution in [0, 0.1) is 0 Å². The molecule has 3 rings (SSSR count). The molecule has 1 aliphatic carbocycles.